The maximum absolute atomic E-state index is 9.72. The highest BCUT2D eigenvalue weighted by Gasteiger charge is 2.06. The first-order valence-corrected chi connectivity index (χ1v) is 5.94. The summed E-state index contributed by atoms with van der Waals surface area (Å²) in [5.74, 6) is 0.451. The molecule has 0 aliphatic carbocycles. The quantitative estimate of drug-likeness (QED) is 0.578. The molecule has 0 aromatic heterocycles. The molecule has 2 aromatic rings. The number of hydrogen-bond donors (Lipinski definition) is 3. The van der Waals surface area contributed by atoms with Crippen molar-refractivity contribution < 1.29 is 10.2 Å². The minimum atomic E-state index is -0.579. The van der Waals surface area contributed by atoms with E-state index in [4.69, 9.17) is 11.6 Å². The average Bonchev–Trinajstić information content (AvgIpc) is 2.38. The van der Waals surface area contributed by atoms with E-state index in [1.165, 1.54) is 0 Å². The topological polar surface area (TPSA) is 52.5 Å². The Morgan fingerprint density at radius 2 is 1.82 bits per heavy atom. The van der Waals surface area contributed by atoms with Gasteiger partial charge in [0.25, 0.3) is 0 Å². The number of phenols is 1. The Hall–Kier alpha value is -1.45. The van der Waals surface area contributed by atoms with Crippen LogP contribution >= 0.6 is 11.6 Å². The van der Waals surface area contributed by atoms with Crippen molar-refractivity contribution in [2.24, 2.45) is 0 Å². The predicted molar refractivity (Wildman–Crippen MR) is 70.8 cm³/mol. The lowest BCUT2D eigenvalue weighted by Gasteiger charge is -2.13. The maximum Gasteiger partial charge on any atom is 0.123 e. The molecule has 0 amide bonds. The number of halogens is 1. The Balaban J connectivity index is 2.32. The van der Waals surface area contributed by atoms with E-state index in [9.17, 15) is 10.2 Å². The molecule has 90 valence electrons. The normalized spacial score (nSPS) is 12.6. The van der Waals surface area contributed by atoms with Gasteiger partial charge in [-0.3, -0.25) is 0 Å². The summed E-state index contributed by atoms with van der Waals surface area (Å²) in [6, 6.07) is 11.0. The van der Waals surface area contributed by atoms with Crippen LogP contribution in [0.2, 0.25) is 0 Å². The van der Waals surface area contributed by atoms with Crippen molar-refractivity contribution in [1.29, 1.82) is 0 Å². The fourth-order valence-corrected chi connectivity index (χ4v) is 1.83. The molecule has 2 aromatic carbocycles. The highest BCUT2D eigenvalue weighted by atomic mass is 35.5. The Morgan fingerprint density at radius 1 is 1.12 bits per heavy atom. The van der Waals surface area contributed by atoms with Crippen molar-refractivity contribution in [2.45, 2.75) is 6.10 Å². The van der Waals surface area contributed by atoms with E-state index in [0.29, 0.717) is 6.54 Å². The van der Waals surface area contributed by atoms with Crippen LogP contribution in [0.25, 0.3) is 10.8 Å². The van der Waals surface area contributed by atoms with Crippen LogP contribution < -0.4 is 5.32 Å². The molecule has 0 saturated carbocycles. The zero-order valence-corrected chi connectivity index (χ0v) is 9.98. The number of anilines is 1. The standard InChI is InChI=1S/C13H14ClNO2/c14-7-9(16)8-15-12-5-6-13(17)11-4-2-1-3-10(11)12/h1-6,9,15-17H,7-8H2. The number of nitrogens with one attached hydrogen (secondary N) is 1. The number of aliphatic hydroxyl groups is 1. The molecule has 0 heterocycles. The second kappa shape index (κ2) is 5.25. The van der Waals surface area contributed by atoms with Gasteiger partial charge in [-0.2, -0.15) is 0 Å². The monoisotopic (exact) mass is 251 g/mol. The summed E-state index contributed by atoms with van der Waals surface area (Å²) in [4.78, 5) is 0. The van der Waals surface area contributed by atoms with Gasteiger partial charge in [0.05, 0.1) is 12.0 Å². The Kier molecular flexibility index (Phi) is 3.71. The fourth-order valence-electron chi connectivity index (χ4n) is 1.72. The van der Waals surface area contributed by atoms with Crippen LogP contribution in [-0.4, -0.2) is 28.7 Å². The van der Waals surface area contributed by atoms with Gasteiger partial charge >= 0.3 is 0 Å². The molecule has 0 saturated heterocycles. The second-order valence-electron chi connectivity index (χ2n) is 3.87. The van der Waals surface area contributed by atoms with Gasteiger partial charge in [0.2, 0.25) is 0 Å². The summed E-state index contributed by atoms with van der Waals surface area (Å²) in [6.07, 6.45) is -0.579. The summed E-state index contributed by atoms with van der Waals surface area (Å²) in [7, 11) is 0. The second-order valence-corrected chi connectivity index (χ2v) is 4.18. The number of aliphatic hydroxyl groups excluding tert-OH is 1. The van der Waals surface area contributed by atoms with Crippen molar-refractivity contribution >= 4 is 28.1 Å². The highest BCUT2D eigenvalue weighted by Crippen LogP contribution is 2.30. The van der Waals surface area contributed by atoms with Gasteiger partial charge in [-0.1, -0.05) is 24.3 Å². The summed E-state index contributed by atoms with van der Waals surface area (Å²) < 4.78 is 0. The maximum atomic E-state index is 9.72. The molecule has 3 N–H and O–H groups in total. The average molecular weight is 252 g/mol. The van der Waals surface area contributed by atoms with E-state index in [2.05, 4.69) is 5.32 Å². The van der Waals surface area contributed by atoms with E-state index in [1.807, 2.05) is 24.3 Å². The Morgan fingerprint density at radius 3 is 2.53 bits per heavy atom. The van der Waals surface area contributed by atoms with Crippen LogP contribution in [0.3, 0.4) is 0 Å². The summed E-state index contributed by atoms with van der Waals surface area (Å²) in [5.41, 5.74) is 0.877. The van der Waals surface area contributed by atoms with Gasteiger partial charge in [-0.25, -0.2) is 0 Å². The van der Waals surface area contributed by atoms with Crippen LogP contribution in [0.15, 0.2) is 36.4 Å². The number of phenolic OH excluding ortho intramolecular Hbond substituents is 1. The molecule has 2 rings (SSSR count). The molecule has 4 heteroatoms. The lowest BCUT2D eigenvalue weighted by atomic mass is 10.1. The molecule has 17 heavy (non-hydrogen) atoms. The van der Waals surface area contributed by atoms with Gasteiger partial charge in [0, 0.05) is 23.0 Å². The van der Waals surface area contributed by atoms with Crippen molar-refractivity contribution in [3.05, 3.63) is 36.4 Å². The molecule has 0 aliphatic heterocycles. The summed E-state index contributed by atoms with van der Waals surface area (Å²) in [5, 5.41) is 24.0. The number of fused-ring (bicyclic) bond motifs is 1. The van der Waals surface area contributed by atoms with Crippen LogP contribution in [-0.2, 0) is 0 Å². The van der Waals surface area contributed by atoms with Gasteiger partial charge in [-0.05, 0) is 12.1 Å². The van der Waals surface area contributed by atoms with E-state index in [0.717, 1.165) is 16.5 Å². The number of rotatable bonds is 4. The first-order chi connectivity index (χ1) is 8.22. The van der Waals surface area contributed by atoms with Crippen molar-refractivity contribution in [1.82, 2.24) is 0 Å². The van der Waals surface area contributed by atoms with Gasteiger partial charge in [0.15, 0.2) is 0 Å². The van der Waals surface area contributed by atoms with Crippen LogP contribution in [0, 0.1) is 0 Å². The predicted octanol–water partition coefficient (Wildman–Crippen LogP) is 2.56. The number of hydrogen-bond acceptors (Lipinski definition) is 3. The van der Waals surface area contributed by atoms with Crippen LogP contribution in [0.4, 0.5) is 5.69 Å². The lowest BCUT2D eigenvalue weighted by molar-refractivity contribution is 0.211. The summed E-state index contributed by atoms with van der Waals surface area (Å²) >= 11 is 5.53. The fraction of sp³-hybridized carbons (Fsp3) is 0.231. The molecule has 0 radical (unpaired) electrons. The van der Waals surface area contributed by atoms with Crippen molar-refractivity contribution in [3.8, 4) is 5.75 Å². The third kappa shape index (κ3) is 2.62. The molecule has 0 aliphatic rings. The molecular formula is C13H14ClNO2. The van der Waals surface area contributed by atoms with E-state index < -0.39 is 6.10 Å². The molecular weight excluding hydrogens is 238 g/mol. The Labute approximate surface area is 105 Å². The third-order valence-electron chi connectivity index (χ3n) is 2.61. The largest absolute Gasteiger partial charge is 0.507 e. The highest BCUT2D eigenvalue weighted by molar-refractivity contribution is 6.18. The van der Waals surface area contributed by atoms with Crippen LogP contribution in [0.5, 0.6) is 5.75 Å². The minimum absolute atomic E-state index is 0.197. The zero-order valence-electron chi connectivity index (χ0n) is 9.23. The number of alkyl halides is 1. The minimum Gasteiger partial charge on any atom is -0.507 e. The number of benzene rings is 2. The molecule has 0 bridgehead atoms. The molecule has 3 nitrogen and oxygen atoms in total. The van der Waals surface area contributed by atoms with Crippen molar-refractivity contribution in [2.75, 3.05) is 17.7 Å². The smallest absolute Gasteiger partial charge is 0.123 e. The first kappa shape index (κ1) is 12.0. The zero-order chi connectivity index (χ0) is 12.3. The van der Waals surface area contributed by atoms with Gasteiger partial charge in [-0.15, -0.1) is 11.6 Å². The van der Waals surface area contributed by atoms with Gasteiger partial charge in [0.1, 0.15) is 5.75 Å². The summed E-state index contributed by atoms with van der Waals surface area (Å²) in [6.45, 7) is 0.387. The molecule has 1 atom stereocenters. The van der Waals surface area contributed by atoms with Crippen LogP contribution in [0.1, 0.15) is 0 Å². The van der Waals surface area contributed by atoms with E-state index in [-0.39, 0.29) is 11.6 Å². The third-order valence-corrected chi connectivity index (χ3v) is 2.96. The first-order valence-electron chi connectivity index (χ1n) is 5.41. The Bertz CT molecular complexity index is 516. The lowest BCUT2D eigenvalue weighted by Crippen LogP contribution is -2.20. The SMILES string of the molecule is Oc1ccc(NCC(O)CCl)c2ccccc12. The molecule has 0 spiro atoms. The van der Waals surface area contributed by atoms with Crippen molar-refractivity contribution in [3.63, 3.8) is 0 Å². The van der Waals surface area contributed by atoms with E-state index in [1.54, 1.807) is 12.1 Å². The number of aromatic hydroxyl groups is 1. The molecule has 1 unspecified atom stereocenters. The van der Waals surface area contributed by atoms with Gasteiger partial charge < -0.3 is 15.5 Å². The molecule has 0 fully saturated rings. The van der Waals surface area contributed by atoms with E-state index >= 15 is 0 Å².